The maximum Gasteiger partial charge on any atom is 0.294 e. The normalized spacial score (nSPS) is 15.9. The zero-order chi connectivity index (χ0) is 19.6. The summed E-state index contributed by atoms with van der Waals surface area (Å²) in [6.45, 7) is 6.07. The quantitative estimate of drug-likeness (QED) is 0.560. The van der Waals surface area contributed by atoms with Crippen LogP contribution in [0.3, 0.4) is 0 Å². The molecule has 0 saturated carbocycles. The molecule has 2 aromatic rings. The van der Waals surface area contributed by atoms with Crippen LogP contribution in [0.5, 0.6) is 0 Å². The highest BCUT2D eigenvalue weighted by molar-refractivity contribution is 7.85. The van der Waals surface area contributed by atoms with E-state index in [4.69, 9.17) is 9.54 Å². The average molecular weight is 393 g/mol. The molecule has 0 bridgehead atoms. The Balaban J connectivity index is 0.000000180. The molecular weight excluding hydrogens is 370 g/mol. The van der Waals surface area contributed by atoms with E-state index in [2.05, 4.69) is 39.9 Å². The molecular formula is C16H23N7O3S. The van der Waals surface area contributed by atoms with E-state index in [1.165, 1.54) is 17.8 Å². The average Bonchev–Trinajstić information content (AvgIpc) is 3.30. The maximum absolute atomic E-state index is 10.4. The van der Waals surface area contributed by atoms with Crippen molar-refractivity contribution < 1.29 is 13.0 Å². The Morgan fingerprint density at radius 2 is 1.89 bits per heavy atom. The number of nitrogens with zero attached hydrogens (tertiary/aromatic N) is 4. The minimum Gasteiger partial charge on any atom is -0.321 e. The molecule has 2 aliphatic rings. The lowest BCUT2D eigenvalue weighted by Crippen LogP contribution is -2.38. The Hall–Kier alpha value is -2.47. The molecule has 0 saturated heterocycles. The highest BCUT2D eigenvalue weighted by Gasteiger charge is 2.28. The van der Waals surface area contributed by atoms with E-state index < -0.39 is 10.1 Å². The number of benzene rings is 1. The van der Waals surface area contributed by atoms with Crippen molar-refractivity contribution in [3.8, 4) is 0 Å². The van der Waals surface area contributed by atoms with Gasteiger partial charge in [0.25, 0.3) is 10.1 Å². The number of hydrogen-bond donors (Lipinski definition) is 4. The van der Waals surface area contributed by atoms with Crippen molar-refractivity contribution in [3.63, 3.8) is 0 Å². The number of fused-ring (bicyclic) bond motifs is 1. The Morgan fingerprint density at radius 1 is 1.19 bits per heavy atom. The number of rotatable bonds is 3. The van der Waals surface area contributed by atoms with Gasteiger partial charge in [0.05, 0.1) is 16.3 Å². The van der Waals surface area contributed by atoms with Gasteiger partial charge in [0.2, 0.25) is 5.84 Å². The van der Waals surface area contributed by atoms with Crippen LogP contribution in [-0.4, -0.2) is 40.4 Å². The molecule has 3 heterocycles. The first-order chi connectivity index (χ1) is 12.8. The second kappa shape index (κ2) is 7.64. The molecule has 27 heavy (non-hydrogen) atoms. The molecule has 146 valence electrons. The van der Waals surface area contributed by atoms with Gasteiger partial charge in [-0.05, 0) is 26.0 Å². The van der Waals surface area contributed by atoms with Gasteiger partial charge >= 0.3 is 0 Å². The summed E-state index contributed by atoms with van der Waals surface area (Å²) < 4.78 is 31.5. The van der Waals surface area contributed by atoms with Crippen LogP contribution < -0.4 is 16.4 Å². The van der Waals surface area contributed by atoms with Crippen molar-refractivity contribution >= 4 is 16.0 Å². The summed E-state index contributed by atoms with van der Waals surface area (Å²) in [5.74, 6) is 1.75. The number of hydrazone groups is 1. The first-order valence-electron chi connectivity index (χ1n) is 8.44. The first-order valence-corrected chi connectivity index (χ1v) is 9.88. The minimum atomic E-state index is -4.00. The predicted molar refractivity (Wildman–Crippen MR) is 100.0 cm³/mol. The summed E-state index contributed by atoms with van der Waals surface area (Å²) in [6, 6.07) is 7.80. The van der Waals surface area contributed by atoms with Gasteiger partial charge in [0.1, 0.15) is 0 Å². The van der Waals surface area contributed by atoms with Gasteiger partial charge in [-0.15, -0.1) is 10.6 Å². The largest absolute Gasteiger partial charge is 0.321 e. The SMILES string of the molecule is CC(C)n1c(C2=NNNN2C)nc2c1CNC2.O=S(=O)(O)c1ccccc1. The summed E-state index contributed by atoms with van der Waals surface area (Å²) in [7, 11) is -2.08. The van der Waals surface area contributed by atoms with E-state index in [0.717, 1.165) is 30.4 Å². The van der Waals surface area contributed by atoms with Crippen molar-refractivity contribution in [1.29, 1.82) is 0 Å². The summed E-state index contributed by atoms with van der Waals surface area (Å²) in [6.07, 6.45) is 0. The summed E-state index contributed by atoms with van der Waals surface area (Å²) >= 11 is 0. The van der Waals surface area contributed by atoms with Crippen LogP contribution in [0.4, 0.5) is 0 Å². The third kappa shape index (κ3) is 4.11. The summed E-state index contributed by atoms with van der Waals surface area (Å²) in [5, 5.41) is 9.38. The molecule has 11 heteroatoms. The number of aromatic nitrogens is 2. The fourth-order valence-electron chi connectivity index (χ4n) is 2.93. The topological polar surface area (TPSA) is 124 Å². The standard InChI is InChI=1S/C10H17N7.C6H6O3S/c1-6(2)17-8-5-11-4-7(8)12-9(17)10-13-14-15-16(10)3;7-10(8,9)6-4-2-1-3-5-6/h6,11,14-15H,4-5H2,1-3H3;1-5H,(H,7,8,9). The van der Waals surface area contributed by atoms with E-state index in [9.17, 15) is 8.42 Å². The lowest BCUT2D eigenvalue weighted by atomic mass is 10.3. The van der Waals surface area contributed by atoms with Crippen molar-refractivity contribution in [2.45, 2.75) is 37.9 Å². The molecule has 0 fully saturated rings. The molecule has 1 aromatic heterocycles. The number of hydrogen-bond acceptors (Lipinski definition) is 8. The van der Waals surface area contributed by atoms with Crippen molar-refractivity contribution in [1.82, 2.24) is 30.9 Å². The molecule has 0 unspecified atom stereocenters. The molecule has 0 amide bonds. The van der Waals surface area contributed by atoms with Crippen LogP contribution in [0.1, 0.15) is 37.1 Å². The van der Waals surface area contributed by atoms with E-state index in [-0.39, 0.29) is 4.90 Å². The van der Waals surface area contributed by atoms with E-state index in [1.54, 1.807) is 18.2 Å². The van der Waals surface area contributed by atoms with Gasteiger partial charge in [0, 0.05) is 26.2 Å². The van der Waals surface area contributed by atoms with Crippen LogP contribution in [0.2, 0.25) is 0 Å². The predicted octanol–water partition coefficient (Wildman–Crippen LogP) is 0.617. The molecule has 1 aromatic carbocycles. The van der Waals surface area contributed by atoms with Gasteiger partial charge in [-0.2, -0.15) is 8.42 Å². The van der Waals surface area contributed by atoms with Gasteiger partial charge in [-0.1, -0.05) is 18.2 Å². The van der Waals surface area contributed by atoms with Crippen molar-refractivity contribution in [3.05, 3.63) is 47.5 Å². The van der Waals surface area contributed by atoms with E-state index in [0.29, 0.717) is 6.04 Å². The van der Waals surface area contributed by atoms with E-state index >= 15 is 0 Å². The number of amidine groups is 1. The van der Waals surface area contributed by atoms with Gasteiger partial charge in [-0.25, -0.2) is 10.5 Å². The molecule has 0 aliphatic carbocycles. The third-order valence-corrected chi connectivity index (χ3v) is 5.00. The van der Waals surface area contributed by atoms with Gasteiger partial charge < -0.3 is 9.88 Å². The van der Waals surface area contributed by atoms with Crippen LogP contribution in [-0.2, 0) is 23.2 Å². The lowest BCUT2D eigenvalue weighted by Gasteiger charge is -2.17. The van der Waals surface area contributed by atoms with Crippen LogP contribution in [0, 0.1) is 0 Å². The monoisotopic (exact) mass is 393 g/mol. The molecule has 0 radical (unpaired) electrons. The van der Waals surface area contributed by atoms with Crippen LogP contribution in [0.15, 0.2) is 40.3 Å². The van der Waals surface area contributed by atoms with Crippen LogP contribution in [0.25, 0.3) is 0 Å². The van der Waals surface area contributed by atoms with Gasteiger partial charge in [-0.3, -0.25) is 9.56 Å². The van der Waals surface area contributed by atoms with Crippen LogP contribution >= 0.6 is 0 Å². The van der Waals surface area contributed by atoms with Crippen molar-refractivity contribution in [2.24, 2.45) is 5.10 Å². The Kier molecular flexibility index (Phi) is 5.46. The molecule has 4 rings (SSSR count). The first kappa shape index (κ1) is 19.3. The summed E-state index contributed by atoms with van der Waals surface area (Å²) in [5.41, 5.74) is 8.07. The van der Waals surface area contributed by atoms with Crippen molar-refractivity contribution in [2.75, 3.05) is 7.05 Å². The minimum absolute atomic E-state index is 0.0741. The number of hydrazine groups is 2. The zero-order valence-corrected chi connectivity index (χ0v) is 16.2. The fraction of sp³-hybridized carbons (Fsp3) is 0.375. The molecule has 2 aliphatic heterocycles. The molecule has 10 nitrogen and oxygen atoms in total. The second-order valence-corrected chi connectivity index (χ2v) is 7.82. The second-order valence-electron chi connectivity index (χ2n) is 6.40. The van der Waals surface area contributed by atoms with Gasteiger partial charge in [0.15, 0.2) is 5.82 Å². The highest BCUT2D eigenvalue weighted by atomic mass is 32.2. The zero-order valence-electron chi connectivity index (χ0n) is 15.3. The Morgan fingerprint density at radius 3 is 2.41 bits per heavy atom. The maximum atomic E-state index is 10.4. The number of imidazole rings is 1. The van der Waals surface area contributed by atoms with E-state index in [1.807, 2.05) is 12.1 Å². The molecule has 0 spiro atoms. The molecule has 4 N–H and O–H groups in total. The Bertz CT molecular complexity index is 938. The smallest absolute Gasteiger partial charge is 0.294 e. The third-order valence-electron chi connectivity index (χ3n) is 4.13. The Labute approximate surface area is 158 Å². The fourth-order valence-corrected chi connectivity index (χ4v) is 3.43. The highest BCUT2D eigenvalue weighted by Crippen LogP contribution is 2.23. The number of nitrogens with one attached hydrogen (secondary N) is 3. The lowest BCUT2D eigenvalue weighted by molar-refractivity contribution is 0.346. The summed E-state index contributed by atoms with van der Waals surface area (Å²) in [4.78, 5) is 4.62. The molecule has 0 atom stereocenters.